The molecule has 24 heavy (non-hydrogen) atoms. The summed E-state index contributed by atoms with van der Waals surface area (Å²) in [5.74, 6) is 0.523. The molecule has 1 amide bonds. The molecule has 0 atom stereocenters. The maximum absolute atomic E-state index is 12.3. The molecule has 2 aromatic carbocycles. The van der Waals surface area contributed by atoms with E-state index in [2.05, 4.69) is 15.5 Å². The largest absolute Gasteiger partial charge is 0.345 e. The lowest BCUT2D eigenvalue weighted by molar-refractivity contribution is 0.0949. The van der Waals surface area contributed by atoms with Crippen molar-refractivity contribution in [2.75, 3.05) is 0 Å². The monoisotopic (exact) mass is 338 g/mol. The predicted octanol–water partition coefficient (Wildman–Crippen LogP) is 3.48. The molecule has 3 rings (SSSR count). The number of hydrogen-bond donors (Lipinski definition) is 2. The van der Waals surface area contributed by atoms with Gasteiger partial charge in [-0.3, -0.25) is 14.5 Å². The molecule has 0 aliphatic heterocycles. The molecule has 0 fully saturated rings. The number of H-pyrrole nitrogens is 1. The van der Waals surface area contributed by atoms with Crippen molar-refractivity contribution in [3.05, 3.63) is 75.8 Å². The number of hydrogen-bond acceptors (Lipinski definition) is 3. The predicted molar refractivity (Wildman–Crippen MR) is 95.8 cm³/mol. The third-order valence-electron chi connectivity index (χ3n) is 3.69. The van der Waals surface area contributed by atoms with E-state index in [4.69, 9.17) is 12.2 Å². The second kappa shape index (κ2) is 6.80. The molecular formula is C18H18N4OS. The highest BCUT2D eigenvalue weighted by Crippen LogP contribution is 2.13. The van der Waals surface area contributed by atoms with Gasteiger partial charge in [0.15, 0.2) is 10.6 Å². The van der Waals surface area contributed by atoms with Crippen LogP contribution < -0.4 is 5.32 Å². The van der Waals surface area contributed by atoms with Gasteiger partial charge < -0.3 is 5.32 Å². The molecule has 0 bridgehead atoms. The summed E-state index contributed by atoms with van der Waals surface area (Å²) in [6, 6.07) is 15.4. The van der Waals surface area contributed by atoms with E-state index in [1.165, 1.54) is 0 Å². The summed E-state index contributed by atoms with van der Waals surface area (Å²) in [6.07, 6.45) is 0. The molecule has 0 saturated heterocycles. The molecule has 0 aliphatic rings. The molecular weight excluding hydrogens is 320 g/mol. The zero-order valence-corrected chi connectivity index (χ0v) is 14.4. The number of aromatic nitrogens is 3. The van der Waals surface area contributed by atoms with Gasteiger partial charge in [-0.15, -0.1) is 0 Å². The lowest BCUT2D eigenvalue weighted by atomic mass is 10.1. The molecule has 0 unspecified atom stereocenters. The van der Waals surface area contributed by atoms with Crippen LogP contribution in [0.5, 0.6) is 0 Å². The molecule has 0 aliphatic carbocycles. The van der Waals surface area contributed by atoms with Crippen molar-refractivity contribution < 1.29 is 4.79 Å². The first-order valence-corrected chi connectivity index (χ1v) is 8.03. The third kappa shape index (κ3) is 3.44. The van der Waals surface area contributed by atoms with Crippen molar-refractivity contribution in [1.29, 1.82) is 0 Å². The average Bonchev–Trinajstić information content (AvgIpc) is 2.93. The van der Waals surface area contributed by atoms with E-state index in [1.54, 1.807) is 6.07 Å². The molecule has 0 saturated carbocycles. The lowest BCUT2D eigenvalue weighted by Gasteiger charge is -2.09. The quantitative estimate of drug-likeness (QED) is 0.716. The van der Waals surface area contributed by atoms with Gasteiger partial charge in [0.1, 0.15) is 0 Å². The van der Waals surface area contributed by atoms with Crippen LogP contribution in [-0.4, -0.2) is 20.7 Å². The first-order chi connectivity index (χ1) is 11.5. The van der Waals surface area contributed by atoms with Crippen molar-refractivity contribution in [3.8, 4) is 5.69 Å². The van der Waals surface area contributed by atoms with E-state index < -0.39 is 0 Å². The van der Waals surface area contributed by atoms with Crippen LogP contribution >= 0.6 is 12.2 Å². The number of nitrogens with zero attached hydrogens (tertiary/aromatic N) is 2. The number of benzene rings is 2. The topological polar surface area (TPSA) is 62.7 Å². The lowest BCUT2D eigenvalue weighted by Crippen LogP contribution is -2.24. The van der Waals surface area contributed by atoms with Crippen LogP contribution in [0, 0.1) is 18.6 Å². The van der Waals surface area contributed by atoms with E-state index >= 15 is 0 Å². The van der Waals surface area contributed by atoms with Gasteiger partial charge in [-0.05, 0) is 55.9 Å². The molecule has 3 aromatic rings. The third-order valence-corrected chi connectivity index (χ3v) is 3.96. The van der Waals surface area contributed by atoms with Gasteiger partial charge in [-0.1, -0.05) is 29.8 Å². The molecule has 1 aromatic heterocycles. The van der Waals surface area contributed by atoms with Crippen LogP contribution in [0.25, 0.3) is 5.69 Å². The van der Waals surface area contributed by atoms with Gasteiger partial charge >= 0.3 is 0 Å². The average molecular weight is 338 g/mol. The van der Waals surface area contributed by atoms with Crippen molar-refractivity contribution in [2.24, 2.45) is 0 Å². The standard InChI is InChI=1S/C18H18N4OS/c1-12-5-3-7-14(9-12)17(23)19-11-16-20-21-18(24)22(16)15-8-4-6-13(2)10-15/h3-10H,11H2,1-2H3,(H,19,23)(H,21,24). The van der Waals surface area contributed by atoms with Crippen LogP contribution in [0.4, 0.5) is 0 Å². The Morgan fingerprint density at radius 2 is 1.88 bits per heavy atom. The fraction of sp³-hybridized carbons (Fsp3) is 0.167. The number of aromatic amines is 1. The molecule has 122 valence electrons. The number of carbonyl (C=O) groups is 1. The van der Waals surface area contributed by atoms with E-state index in [1.807, 2.05) is 60.9 Å². The molecule has 0 spiro atoms. The van der Waals surface area contributed by atoms with Crippen LogP contribution in [-0.2, 0) is 6.54 Å². The van der Waals surface area contributed by atoms with Gasteiger partial charge in [0.2, 0.25) is 0 Å². The number of amides is 1. The minimum atomic E-state index is -0.136. The second-order valence-corrected chi connectivity index (χ2v) is 6.06. The number of aryl methyl sites for hydroxylation is 2. The Kier molecular flexibility index (Phi) is 4.57. The summed E-state index contributed by atoms with van der Waals surface area (Å²) in [5.41, 5.74) is 3.73. The minimum absolute atomic E-state index is 0.136. The van der Waals surface area contributed by atoms with E-state index in [-0.39, 0.29) is 12.5 Å². The fourth-order valence-electron chi connectivity index (χ4n) is 2.53. The molecule has 1 heterocycles. The van der Waals surface area contributed by atoms with E-state index in [0.29, 0.717) is 16.2 Å². The normalized spacial score (nSPS) is 10.6. The summed E-state index contributed by atoms with van der Waals surface area (Å²) < 4.78 is 2.33. The van der Waals surface area contributed by atoms with Crippen LogP contribution in [0.15, 0.2) is 48.5 Å². The number of nitrogens with one attached hydrogen (secondary N) is 2. The molecule has 6 heteroatoms. The summed E-state index contributed by atoms with van der Waals surface area (Å²) in [6.45, 7) is 4.26. The number of carbonyl (C=O) groups excluding carboxylic acids is 1. The number of rotatable bonds is 4. The van der Waals surface area contributed by atoms with Crippen molar-refractivity contribution in [2.45, 2.75) is 20.4 Å². The summed E-state index contributed by atoms with van der Waals surface area (Å²) in [4.78, 5) is 12.3. The van der Waals surface area contributed by atoms with Crippen molar-refractivity contribution >= 4 is 18.1 Å². The molecule has 5 nitrogen and oxygen atoms in total. The SMILES string of the molecule is Cc1cccc(C(=O)NCc2n[nH]c(=S)n2-c2cccc(C)c2)c1. The molecule has 2 N–H and O–H groups in total. The van der Waals surface area contributed by atoms with Crippen LogP contribution in [0.1, 0.15) is 27.3 Å². The Morgan fingerprint density at radius 1 is 1.17 bits per heavy atom. The summed E-state index contributed by atoms with van der Waals surface area (Å²) in [5, 5.41) is 9.92. The Labute approximate surface area is 145 Å². The smallest absolute Gasteiger partial charge is 0.251 e. The van der Waals surface area contributed by atoms with Crippen molar-refractivity contribution in [3.63, 3.8) is 0 Å². The maximum atomic E-state index is 12.3. The summed E-state index contributed by atoms with van der Waals surface area (Å²) in [7, 11) is 0. The Balaban J connectivity index is 1.82. The van der Waals surface area contributed by atoms with E-state index in [0.717, 1.165) is 16.8 Å². The maximum Gasteiger partial charge on any atom is 0.251 e. The first-order valence-electron chi connectivity index (χ1n) is 7.63. The Bertz CT molecular complexity index is 942. The van der Waals surface area contributed by atoms with Crippen LogP contribution in [0.3, 0.4) is 0 Å². The zero-order chi connectivity index (χ0) is 17.1. The highest BCUT2D eigenvalue weighted by molar-refractivity contribution is 7.71. The van der Waals surface area contributed by atoms with Gasteiger partial charge in [0.05, 0.1) is 6.54 Å². The summed E-state index contributed by atoms with van der Waals surface area (Å²) >= 11 is 5.32. The highest BCUT2D eigenvalue weighted by Gasteiger charge is 2.11. The zero-order valence-electron chi connectivity index (χ0n) is 13.5. The van der Waals surface area contributed by atoms with Gasteiger partial charge in [0, 0.05) is 11.3 Å². The Morgan fingerprint density at radius 3 is 2.58 bits per heavy atom. The highest BCUT2D eigenvalue weighted by atomic mass is 32.1. The van der Waals surface area contributed by atoms with E-state index in [9.17, 15) is 4.79 Å². The molecule has 0 radical (unpaired) electrons. The van der Waals surface area contributed by atoms with Crippen molar-refractivity contribution in [1.82, 2.24) is 20.1 Å². The first kappa shape index (κ1) is 16.1. The van der Waals surface area contributed by atoms with Gasteiger partial charge in [-0.25, -0.2) is 0 Å². The van der Waals surface area contributed by atoms with Gasteiger partial charge in [-0.2, -0.15) is 5.10 Å². The fourth-order valence-corrected chi connectivity index (χ4v) is 2.79. The van der Waals surface area contributed by atoms with Crippen LogP contribution in [0.2, 0.25) is 0 Å². The Hall–Kier alpha value is -2.73. The second-order valence-electron chi connectivity index (χ2n) is 5.67. The van der Waals surface area contributed by atoms with Gasteiger partial charge in [0.25, 0.3) is 5.91 Å². The minimum Gasteiger partial charge on any atom is -0.345 e.